The van der Waals surface area contributed by atoms with Crippen LogP contribution in [0.1, 0.15) is 39.2 Å². The van der Waals surface area contributed by atoms with E-state index in [2.05, 4.69) is 5.32 Å². The molecule has 7 heteroatoms. The number of benzene rings is 2. The lowest BCUT2D eigenvalue weighted by Gasteiger charge is -2.29. The average Bonchev–Trinajstić information content (AvgIpc) is 2.78. The Morgan fingerprint density at radius 1 is 1.06 bits per heavy atom. The molecule has 2 aromatic rings. The fraction of sp³-hybridized carbons (Fsp3) is 0.440. The molecule has 174 valence electrons. The van der Waals surface area contributed by atoms with Crippen LogP contribution in [-0.4, -0.2) is 43.0 Å². The lowest BCUT2D eigenvalue weighted by molar-refractivity contribution is -0.140. The lowest BCUT2D eigenvalue weighted by Crippen LogP contribution is -2.48. The number of nitrogens with zero attached hydrogens (tertiary/aromatic N) is 1. The van der Waals surface area contributed by atoms with E-state index in [1.807, 2.05) is 56.3 Å². The van der Waals surface area contributed by atoms with Crippen LogP contribution < -0.4 is 14.8 Å². The molecule has 0 aliphatic carbocycles. The van der Waals surface area contributed by atoms with Gasteiger partial charge in [-0.05, 0) is 61.2 Å². The molecule has 2 amide bonds. The van der Waals surface area contributed by atoms with Crippen molar-refractivity contribution >= 4 is 23.4 Å². The SMILES string of the molecule is COc1ccc(OCCCC(=O)N(Cc2cccc(Cl)c2)C(C)C(=O)NCC(C)C)cc1. The van der Waals surface area contributed by atoms with Crippen LogP contribution in [0.4, 0.5) is 0 Å². The van der Waals surface area contributed by atoms with Crippen molar-refractivity contribution in [3.05, 3.63) is 59.1 Å². The van der Waals surface area contributed by atoms with Crippen LogP contribution in [0.25, 0.3) is 0 Å². The Morgan fingerprint density at radius 3 is 2.38 bits per heavy atom. The molecule has 0 saturated heterocycles. The van der Waals surface area contributed by atoms with Crippen molar-refractivity contribution in [2.24, 2.45) is 5.92 Å². The highest BCUT2D eigenvalue weighted by molar-refractivity contribution is 6.30. The minimum Gasteiger partial charge on any atom is -0.497 e. The molecule has 32 heavy (non-hydrogen) atoms. The van der Waals surface area contributed by atoms with Gasteiger partial charge in [0.05, 0.1) is 13.7 Å². The normalized spacial score (nSPS) is 11.7. The Bertz CT molecular complexity index is 871. The molecule has 0 aliphatic rings. The minimum atomic E-state index is -0.595. The fourth-order valence-corrected chi connectivity index (χ4v) is 3.31. The predicted molar refractivity (Wildman–Crippen MR) is 127 cm³/mol. The number of ether oxygens (including phenoxy) is 2. The summed E-state index contributed by atoms with van der Waals surface area (Å²) in [5.41, 5.74) is 0.879. The van der Waals surface area contributed by atoms with Crippen molar-refractivity contribution < 1.29 is 19.1 Å². The molecule has 2 aromatic carbocycles. The first-order chi connectivity index (χ1) is 15.3. The van der Waals surface area contributed by atoms with Gasteiger partial charge in [-0.1, -0.05) is 37.6 Å². The molecule has 0 aliphatic heterocycles. The van der Waals surface area contributed by atoms with Gasteiger partial charge in [0.1, 0.15) is 17.5 Å². The second-order valence-electron chi connectivity index (χ2n) is 8.09. The van der Waals surface area contributed by atoms with Gasteiger partial charge in [-0.15, -0.1) is 0 Å². The number of carbonyl (C=O) groups excluding carboxylic acids is 2. The highest BCUT2D eigenvalue weighted by Crippen LogP contribution is 2.18. The van der Waals surface area contributed by atoms with Crippen LogP contribution in [-0.2, 0) is 16.1 Å². The lowest BCUT2D eigenvalue weighted by atomic mass is 10.1. The summed E-state index contributed by atoms with van der Waals surface area (Å²) in [6.45, 7) is 7.10. The molecular weight excluding hydrogens is 428 g/mol. The molecule has 0 spiro atoms. The molecule has 0 bridgehead atoms. The number of hydrogen-bond acceptors (Lipinski definition) is 4. The van der Waals surface area contributed by atoms with Gasteiger partial charge in [0.2, 0.25) is 11.8 Å². The van der Waals surface area contributed by atoms with Gasteiger partial charge >= 0.3 is 0 Å². The molecule has 0 fully saturated rings. The second-order valence-corrected chi connectivity index (χ2v) is 8.53. The van der Waals surface area contributed by atoms with Gasteiger partial charge in [-0.2, -0.15) is 0 Å². The molecule has 1 atom stereocenters. The third-order valence-electron chi connectivity index (χ3n) is 4.96. The van der Waals surface area contributed by atoms with E-state index in [9.17, 15) is 9.59 Å². The fourth-order valence-electron chi connectivity index (χ4n) is 3.10. The van der Waals surface area contributed by atoms with Crippen LogP contribution in [0, 0.1) is 5.92 Å². The molecule has 0 heterocycles. The van der Waals surface area contributed by atoms with Crippen molar-refractivity contribution in [1.29, 1.82) is 0 Å². The summed E-state index contributed by atoms with van der Waals surface area (Å²) >= 11 is 6.11. The molecule has 0 saturated carbocycles. The zero-order valence-electron chi connectivity index (χ0n) is 19.3. The maximum atomic E-state index is 13.1. The monoisotopic (exact) mass is 460 g/mol. The summed E-state index contributed by atoms with van der Waals surface area (Å²) in [6.07, 6.45) is 0.815. The van der Waals surface area contributed by atoms with E-state index >= 15 is 0 Å². The van der Waals surface area contributed by atoms with E-state index < -0.39 is 6.04 Å². The number of amides is 2. The smallest absolute Gasteiger partial charge is 0.242 e. The number of nitrogens with one attached hydrogen (secondary N) is 1. The number of rotatable bonds is 12. The largest absolute Gasteiger partial charge is 0.497 e. The molecule has 0 radical (unpaired) electrons. The predicted octanol–water partition coefficient (Wildman–Crippen LogP) is 4.70. The first-order valence-electron chi connectivity index (χ1n) is 10.9. The zero-order valence-corrected chi connectivity index (χ0v) is 20.0. The van der Waals surface area contributed by atoms with Crippen molar-refractivity contribution in [3.8, 4) is 11.5 Å². The molecule has 1 N–H and O–H groups in total. The Hall–Kier alpha value is -2.73. The number of carbonyl (C=O) groups is 2. The van der Waals surface area contributed by atoms with E-state index in [4.69, 9.17) is 21.1 Å². The molecular formula is C25H33ClN2O4. The number of halogens is 1. The third-order valence-corrected chi connectivity index (χ3v) is 5.19. The van der Waals surface area contributed by atoms with Crippen molar-refractivity contribution in [1.82, 2.24) is 10.2 Å². The second kappa shape index (κ2) is 13.0. The highest BCUT2D eigenvalue weighted by Gasteiger charge is 2.26. The van der Waals surface area contributed by atoms with Gasteiger partial charge in [-0.25, -0.2) is 0 Å². The Labute approximate surface area is 195 Å². The van der Waals surface area contributed by atoms with E-state index in [-0.39, 0.29) is 18.2 Å². The third kappa shape index (κ3) is 8.42. The maximum absolute atomic E-state index is 13.1. The summed E-state index contributed by atoms with van der Waals surface area (Å²) < 4.78 is 10.9. The van der Waals surface area contributed by atoms with Crippen molar-refractivity contribution in [2.75, 3.05) is 20.3 Å². The van der Waals surface area contributed by atoms with Crippen LogP contribution in [0.15, 0.2) is 48.5 Å². The summed E-state index contributed by atoms with van der Waals surface area (Å²) in [5.74, 6) is 1.54. The summed E-state index contributed by atoms with van der Waals surface area (Å²) in [5, 5.41) is 3.52. The standard InChI is InChI=1S/C25H33ClN2O4/c1-18(2)16-27-25(30)19(3)28(17-20-7-5-8-21(26)15-20)24(29)9-6-14-32-23-12-10-22(31-4)11-13-23/h5,7-8,10-13,15,18-19H,6,9,14,16-17H2,1-4H3,(H,27,30). The highest BCUT2D eigenvalue weighted by atomic mass is 35.5. The summed E-state index contributed by atoms with van der Waals surface area (Å²) in [6, 6.07) is 14.0. The molecule has 6 nitrogen and oxygen atoms in total. The van der Waals surface area contributed by atoms with E-state index in [1.54, 1.807) is 25.0 Å². The van der Waals surface area contributed by atoms with E-state index in [1.165, 1.54) is 0 Å². The summed E-state index contributed by atoms with van der Waals surface area (Å²) in [4.78, 5) is 27.3. The quantitative estimate of drug-likeness (QED) is 0.466. The van der Waals surface area contributed by atoms with E-state index in [0.717, 1.165) is 17.1 Å². The first kappa shape index (κ1) is 25.5. The molecule has 2 rings (SSSR count). The van der Waals surface area contributed by atoms with Crippen LogP contribution in [0.5, 0.6) is 11.5 Å². The Morgan fingerprint density at radius 2 is 1.75 bits per heavy atom. The number of hydrogen-bond donors (Lipinski definition) is 1. The Balaban J connectivity index is 1.97. The van der Waals surface area contributed by atoms with Crippen LogP contribution in [0.3, 0.4) is 0 Å². The van der Waals surface area contributed by atoms with Crippen molar-refractivity contribution in [2.45, 2.75) is 46.2 Å². The average molecular weight is 461 g/mol. The van der Waals surface area contributed by atoms with Crippen LogP contribution in [0.2, 0.25) is 5.02 Å². The topological polar surface area (TPSA) is 67.9 Å². The number of methoxy groups -OCH3 is 1. The van der Waals surface area contributed by atoms with Crippen LogP contribution >= 0.6 is 11.6 Å². The van der Waals surface area contributed by atoms with Gasteiger partial charge in [0.25, 0.3) is 0 Å². The van der Waals surface area contributed by atoms with Crippen molar-refractivity contribution in [3.63, 3.8) is 0 Å². The van der Waals surface area contributed by atoms with E-state index in [0.29, 0.717) is 37.1 Å². The first-order valence-corrected chi connectivity index (χ1v) is 11.3. The maximum Gasteiger partial charge on any atom is 0.242 e. The summed E-state index contributed by atoms with van der Waals surface area (Å²) in [7, 11) is 1.61. The molecule has 1 unspecified atom stereocenters. The molecule has 0 aromatic heterocycles. The van der Waals surface area contributed by atoms with Gasteiger partial charge < -0.3 is 19.7 Å². The van der Waals surface area contributed by atoms with Gasteiger partial charge in [0.15, 0.2) is 0 Å². The van der Waals surface area contributed by atoms with Gasteiger partial charge in [0, 0.05) is 24.5 Å². The minimum absolute atomic E-state index is 0.101. The zero-order chi connectivity index (χ0) is 23.5. The Kier molecular flexibility index (Phi) is 10.3. The van der Waals surface area contributed by atoms with Gasteiger partial charge in [-0.3, -0.25) is 9.59 Å².